The lowest BCUT2D eigenvalue weighted by Gasteiger charge is -2.08. The number of aromatic amines is 1. The van der Waals surface area contributed by atoms with E-state index in [4.69, 9.17) is 4.42 Å². The highest BCUT2D eigenvalue weighted by Crippen LogP contribution is 2.33. The molecule has 2 aromatic carbocycles. The number of nitrogens with zero attached hydrogens (tertiary/aromatic N) is 1. The van der Waals surface area contributed by atoms with Crippen molar-refractivity contribution in [1.29, 1.82) is 0 Å². The van der Waals surface area contributed by atoms with Crippen LogP contribution in [0.15, 0.2) is 76.2 Å². The van der Waals surface area contributed by atoms with Crippen molar-refractivity contribution < 1.29 is 9.21 Å². The monoisotopic (exact) mass is 498 g/mol. The number of aromatic nitrogens is 2. The molecular weight excluding hydrogens is 468 g/mol. The number of furan rings is 1. The molecule has 0 aliphatic rings. The SMILES string of the molecule is CCc1[nH]c2ccc(NC(=O)c3ccccn3)cc2c1CCNCCc1oc2ccccc2c1SC. The van der Waals surface area contributed by atoms with E-state index >= 15 is 0 Å². The molecule has 0 aliphatic heterocycles. The molecule has 3 N–H and O–H groups in total. The number of para-hydroxylation sites is 1. The molecule has 6 nitrogen and oxygen atoms in total. The second-order valence-electron chi connectivity index (χ2n) is 8.67. The lowest BCUT2D eigenvalue weighted by atomic mass is 10.1. The van der Waals surface area contributed by atoms with Gasteiger partial charge in [0.2, 0.25) is 0 Å². The third kappa shape index (κ3) is 5.03. The number of carbonyl (C=O) groups excluding carboxylic acids is 1. The summed E-state index contributed by atoms with van der Waals surface area (Å²) in [6.07, 6.45) is 6.40. The van der Waals surface area contributed by atoms with Gasteiger partial charge in [-0.25, -0.2) is 0 Å². The van der Waals surface area contributed by atoms with Crippen molar-refractivity contribution in [3.05, 3.63) is 89.6 Å². The first kappa shape index (κ1) is 24.2. The molecular formula is C29H30N4O2S. The summed E-state index contributed by atoms with van der Waals surface area (Å²) in [5.74, 6) is 0.838. The van der Waals surface area contributed by atoms with Gasteiger partial charge in [0.1, 0.15) is 17.0 Å². The van der Waals surface area contributed by atoms with E-state index in [-0.39, 0.29) is 5.91 Å². The number of anilines is 1. The molecule has 7 heteroatoms. The minimum absolute atomic E-state index is 0.209. The number of benzene rings is 2. The molecule has 36 heavy (non-hydrogen) atoms. The first-order chi connectivity index (χ1) is 17.7. The van der Waals surface area contributed by atoms with Crippen molar-refractivity contribution >= 4 is 45.2 Å². The van der Waals surface area contributed by atoms with Gasteiger partial charge in [-0.2, -0.15) is 0 Å². The summed E-state index contributed by atoms with van der Waals surface area (Å²) in [6, 6.07) is 19.6. The van der Waals surface area contributed by atoms with E-state index in [0.29, 0.717) is 5.69 Å². The van der Waals surface area contributed by atoms with Crippen LogP contribution in [-0.4, -0.2) is 35.2 Å². The Morgan fingerprint density at radius 2 is 1.86 bits per heavy atom. The zero-order valence-electron chi connectivity index (χ0n) is 20.6. The van der Waals surface area contributed by atoms with Gasteiger partial charge >= 0.3 is 0 Å². The maximum Gasteiger partial charge on any atom is 0.274 e. The third-order valence-electron chi connectivity index (χ3n) is 6.41. The van der Waals surface area contributed by atoms with Gasteiger partial charge in [0.05, 0.1) is 4.90 Å². The highest BCUT2D eigenvalue weighted by Gasteiger charge is 2.14. The summed E-state index contributed by atoms with van der Waals surface area (Å²) in [6.45, 7) is 3.87. The average molecular weight is 499 g/mol. The number of thioether (sulfide) groups is 1. The molecule has 5 rings (SSSR count). The van der Waals surface area contributed by atoms with Crippen molar-refractivity contribution in [3.8, 4) is 0 Å². The number of rotatable bonds is 10. The predicted octanol–water partition coefficient (Wildman–Crippen LogP) is 6.22. The van der Waals surface area contributed by atoms with Gasteiger partial charge in [-0.3, -0.25) is 9.78 Å². The molecule has 0 bridgehead atoms. The molecule has 3 heterocycles. The molecule has 1 amide bonds. The maximum atomic E-state index is 12.6. The minimum Gasteiger partial charge on any atom is -0.460 e. The highest BCUT2D eigenvalue weighted by molar-refractivity contribution is 7.98. The van der Waals surface area contributed by atoms with Crippen molar-refractivity contribution in [3.63, 3.8) is 0 Å². The molecule has 0 aliphatic carbocycles. The summed E-state index contributed by atoms with van der Waals surface area (Å²) < 4.78 is 6.11. The van der Waals surface area contributed by atoms with Gasteiger partial charge in [0, 0.05) is 46.8 Å². The Hall–Kier alpha value is -3.55. The Morgan fingerprint density at radius 1 is 1.03 bits per heavy atom. The number of hydrogen-bond donors (Lipinski definition) is 3. The van der Waals surface area contributed by atoms with Crippen LogP contribution < -0.4 is 10.6 Å². The standard InChI is InChI=1S/C29H30N4O2S/c1-3-23-20(13-16-30-17-14-27-28(36-2)21-8-4-5-10-26(21)35-27)22-18-19(11-12-24(22)33-23)32-29(34)25-9-6-7-15-31-25/h4-12,15,18,30,33H,3,13-14,16-17H2,1-2H3,(H,32,34). The lowest BCUT2D eigenvalue weighted by molar-refractivity contribution is 0.102. The van der Waals surface area contributed by atoms with E-state index < -0.39 is 0 Å². The fourth-order valence-electron chi connectivity index (χ4n) is 4.66. The first-order valence-electron chi connectivity index (χ1n) is 12.3. The number of H-pyrrole nitrogens is 1. The maximum absolute atomic E-state index is 12.6. The molecule has 184 valence electrons. The summed E-state index contributed by atoms with van der Waals surface area (Å²) in [5.41, 5.74) is 5.74. The van der Waals surface area contributed by atoms with E-state index in [0.717, 1.165) is 60.3 Å². The Balaban J connectivity index is 1.24. The lowest BCUT2D eigenvalue weighted by Crippen LogP contribution is -2.20. The molecule has 3 aromatic heterocycles. The zero-order chi connectivity index (χ0) is 24.9. The van der Waals surface area contributed by atoms with Crippen LogP contribution in [0.3, 0.4) is 0 Å². The average Bonchev–Trinajstić information content (AvgIpc) is 3.46. The third-order valence-corrected chi connectivity index (χ3v) is 7.26. The van der Waals surface area contributed by atoms with Crippen molar-refractivity contribution in [1.82, 2.24) is 15.3 Å². The first-order valence-corrected chi connectivity index (χ1v) is 13.5. The molecule has 0 atom stereocenters. The largest absolute Gasteiger partial charge is 0.460 e. The van der Waals surface area contributed by atoms with Crippen molar-refractivity contribution in [2.24, 2.45) is 0 Å². The number of amides is 1. The summed E-state index contributed by atoms with van der Waals surface area (Å²) in [7, 11) is 0. The molecule has 0 spiro atoms. The van der Waals surface area contributed by atoms with E-state index in [2.05, 4.69) is 52.0 Å². The highest BCUT2D eigenvalue weighted by atomic mass is 32.2. The van der Waals surface area contributed by atoms with E-state index in [1.807, 2.05) is 30.3 Å². The molecule has 0 radical (unpaired) electrons. The van der Waals surface area contributed by atoms with E-state index in [1.54, 1.807) is 30.1 Å². The van der Waals surface area contributed by atoms with Crippen LogP contribution in [0, 0.1) is 0 Å². The van der Waals surface area contributed by atoms with Crippen molar-refractivity contribution in [2.75, 3.05) is 24.7 Å². The second kappa shape index (κ2) is 11.0. The summed E-state index contributed by atoms with van der Waals surface area (Å²) >= 11 is 1.74. The number of carbonyl (C=O) groups is 1. The van der Waals surface area contributed by atoms with Crippen LogP contribution in [0.1, 0.15) is 34.4 Å². The van der Waals surface area contributed by atoms with Crippen molar-refractivity contribution in [2.45, 2.75) is 31.1 Å². The number of hydrogen-bond acceptors (Lipinski definition) is 5. The summed E-state index contributed by atoms with van der Waals surface area (Å²) in [5, 5.41) is 8.91. The van der Waals surface area contributed by atoms with Crippen LogP contribution in [-0.2, 0) is 19.3 Å². The van der Waals surface area contributed by atoms with Gasteiger partial charge in [-0.05, 0) is 73.7 Å². The number of fused-ring (bicyclic) bond motifs is 2. The predicted molar refractivity (Wildman–Crippen MR) is 148 cm³/mol. The topological polar surface area (TPSA) is 83.0 Å². The van der Waals surface area contributed by atoms with E-state index in [9.17, 15) is 4.79 Å². The Morgan fingerprint density at radius 3 is 2.67 bits per heavy atom. The Labute approximate surface area is 214 Å². The van der Waals surface area contributed by atoms with Crippen LogP contribution in [0.4, 0.5) is 5.69 Å². The summed E-state index contributed by atoms with van der Waals surface area (Å²) in [4.78, 5) is 21.5. The second-order valence-corrected chi connectivity index (χ2v) is 9.49. The number of nitrogens with one attached hydrogen (secondary N) is 3. The molecule has 0 fully saturated rings. The smallest absolute Gasteiger partial charge is 0.274 e. The Kier molecular flexibility index (Phi) is 7.39. The fourth-order valence-corrected chi connectivity index (χ4v) is 5.42. The zero-order valence-corrected chi connectivity index (χ0v) is 21.4. The molecule has 0 saturated heterocycles. The molecule has 0 unspecified atom stereocenters. The quantitative estimate of drug-likeness (QED) is 0.157. The minimum atomic E-state index is -0.209. The van der Waals surface area contributed by atoms with Gasteiger partial charge < -0.3 is 20.0 Å². The molecule has 5 aromatic rings. The van der Waals surface area contributed by atoms with Crippen LogP contribution >= 0.6 is 11.8 Å². The number of pyridine rings is 1. The van der Waals surface area contributed by atoms with E-state index in [1.165, 1.54) is 21.5 Å². The van der Waals surface area contributed by atoms with Crippen LogP contribution in [0.25, 0.3) is 21.9 Å². The Bertz CT molecular complexity index is 1490. The number of aryl methyl sites for hydroxylation is 1. The van der Waals surface area contributed by atoms with Gasteiger partial charge in [-0.15, -0.1) is 11.8 Å². The fraction of sp³-hybridized carbons (Fsp3) is 0.241. The van der Waals surface area contributed by atoms with Gasteiger partial charge in [0.15, 0.2) is 0 Å². The van der Waals surface area contributed by atoms with Crippen LogP contribution in [0.5, 0.6) is 0 Å². The van der Waals surface area contributed by atoms with Gasteiger partial charge in [-0.1, -0.05) is 25.1 Å². The van der Waals surface area contributed by atoms with Gasteiger partial charge in [0.25, 0.3) is 5.91 Å². The normalized spacial score (nSPS) is 11.4. The van der Waals surface area contributed by atoms with Crippen LogP contribution in [0.2, 0.25) is 0 Å². The molecule has 0 saturated carbocycles.